The van der Waals surface area contributed by atoms with Crippen LogP contribution < -0.4 is 38.1 Å². The minimum absolute atomic E-state index is 0.0668. The van der Waals surface area contributed by atoms with E-state index in [1.807, 2.05) is 65.0 Å². The van der Waals surface area contributed by atoms with Gasteiger partial charge >= 0.3 is 5.97 Å². The monoisotopic (exact) mass is 920 g/mol. The molecule has 0 aromatic heterocycles. The molecule has 2 aromatic rings. The van der Waals surface area contributed by atoms with Gasteiger partial charge in [0.2, 0.25) is 41.4 Å². The lowest BCUT2D eigenvalue weighted by Crippen LogP contribution is -2.60. The van der Waals surface area contributed by atoms with Crippen LogP contribution in [0.3, 0.4) is 0 Å². The van der Waals surface area contributed by atoms with Gasteiger partial charge in [-0.25, -0.2) is 4.79 Å². The molecule has 0 fully saturated rings. The molecular weight excluding hydrogens is 843 g/mol. The van der Waals surface area contributed by atoms with E-state index in [0.29, 0.717) is 19.3 Å². The van der Waals surface area contributed by atoms with E-state index in [9.17, 15) is 43.5 Å². The highest BCUT2D eigenvalue weighted by atomic mass is 16.4. The number of rotatable bonds is 33. The number of benzene rings is 2. The first-order chi connectivity index (χ1) is 31.3. The second kappa shape index (κ2) is 30.4. The van der Waals surface area contributed by atoms with E-state index in [2.05, 4.69) is 26.6 Å². The Morgan fingerprint density at radius 2 is 0.939 bits per heavy atom. The number of nitrogens with one attached hydrogen (secondary N) is 5. The lowest BCUT2D eigenvalue weighted by molar-refractivity contribution is -0.142. The van der Waals surface area contributed by atoms with Gasteiger partial charge in [0.25, 0.3) is 0 Å². The van der Waals surface area contributed by atoms with Crippen molar-refractivity contribution in [3.63, 3.8) is 0 Å². The van der Waals surface area contributed by atoms with Gasteiger partial charge in [-0.3, -0.25) is 33.6 Å². The van der Waals surface area contributed by atoms with E-state index in [0.717, 1.165) is 75.3 Å². The first-order valence-corrected chi connectivity index (χ1v) is 23.7. The van der Waals surface area contributed by atoms with Crippen LogP contribution in [0.4, 0.5) is 0 Å². The Labute approximate surface area is 391 Å². The summed E-state index contributed by atoms with van der Waals surface area (Å²) in [6.07, 6.45) is 12.4. The number of primary amides is 2. The molecule has 366 valence electrons. The molecule has 0 aliphatic carbocycles. The third-order valence-corrected chi connectivity index (χ3v) is 11.7. The quantitative estimate of drug-likeness (QED) is 0.0452. The van der Waals surface area contributed by atoms with Crippen LogP contribution in [0, 0.1) is 11.3 Å². The summed E-state index contributed by atoms with van der Waals surface area (Å²) in [6, 6.07) is 12.8. The molecular formula is C50H77N7O9. The van der Waals surface area contributed by atoms with Gasteiger partial charge in [-0.1, -0.05) is 166 Å². The van der Waals surface area contributed by atoms with Gasteiger partial charge in [-0.2, -0.15) is 0 Å². The predicted molar refractivity (Wildman–Crippen MR) is 254 cm³/mol. The van der Waals surface area contributed by atoms with E-state index < -0.39 is 83.5 Å². The van der Waals surface area contributed by atoms with E-state index >= 15 is 0 Å². The average Bonchev–Trinajstić information content (AvgIpc) is 3.26. The minimum Gasteiger partial charge on any atom is -0.480 e. The first kappa shape index (κ1) is 56.3. The molecule has 16 heteroatoms. The number of carbonyl (C=O) groups excluding carboxylic acids is 7. The van der Waals surface area contributed by atoms with E-state index in [1.54, 1.807) is 30.3 Å². The van der Waals surface area contributed by atoms with Crippen LogP contribution in [0.15, 0.2) is 60.7 Å². The number of unbranched alkanes of at least 4 members (excludes halogenated alkanes) is 11. The molecule has 1 unspecified atom stereocenters. The van der Waals surface area contributed by atoms with Crippen molar-refractivity contribution >= 4 is 47.3 Å². The van der Waals surface area contributed by atoms with Crippen molar-refractivity contribution in [3.8, 4) is 0 Å². The largest absolute Gasteiger partial charge is 0.480 e. The molecule has 66 heavy (non-hydrogen) atoms. The highest BCUT2D eigenvalue weighted by Crippen LogP contribution is 2.21. The molecule has 2 aromatic carbocycles. The van der Waals surface area contributed by atoms with E-state index in [4.69, 9.17) is 11.5 Å². The van der Waals surface area contributed by atoms with Crippen LogP contribution in [0.5, 0.6) is 0 Å². The van der Waals surface area contributed by atoms with Crippen molar-refractivity contribution in [2.45, 2.75) is 180 Å². The molecule has 6 atom stereocenters. The number of nitrogens with two attached hydrogens (primary N) is 2. The Bertz CT molecular complexity index is 1840. The van der Waals surface area contributed by atoms with E-state index in [-0.39, 0.29) is 37.5 Å². The predicted octanol–water partition coefficient (Wildman–Crippen LogP) is 4.89. The zero-order valence-corrected chi connectivity index (χ0v) is 39.8. The molecule has 0 aliphatic rings. The minimum atomic E-state index is -1.25. The SMILES string of the molecule is CC[C@H](C)[C@@H](NC(=O)C(NC(=O)CCCCCCCCCCCCCCC(=O)N[C@H](CC(=O)N[C@@H](Cc1ccccc1)C(=O)O)C(N)=O)C(C)(C)C)C(=O)N[C@@H](Cc1ccccc1)C(N)=O. The van der Waals surface area contributed by atoms with Crippen molar-refractivity contribution < 1.29 is 43.5 Å². The first-order valence-electron chi connectivity index (χ1n) is 23.7. The Kier molecular flexibility index (Phi) is 26.0. The highest BCUT2D eigenvalue weighted by Gasteiger charge is 2.37. The van der Waals surface area contributed by atoms with Crippen molar-refractivity contribution in [2.75, 3.05) is 0 Å². The summed E-state index contributed by atoms with van der Waals surface area (Å²) in [4.78, 5) is 101. The van der Waals surface area contributed by atoms with Crippen molar-refractivity contribution in [1.82, 2.24) is 26.6 Å². The molecule has 0 saturated carbocycles. The van der Waals surface area contributed by atoms with Gasteiger partial charge < -0.3 is 43.2 Å². The van der Waals surface area contributed by atoms with Crippen LogP contribution >= 0.6 is 0 Å². The fourth-order valence-electron chi connectivity index (χ4n) is 7.50. The fourth-order valence-corrected chi connectivity index (χ4v) is 7.50. The smallest absolute Gasteiger partial charge is 0.326 e. The van der Waals surface area contributed by atoms with Crippen LogP contribution in [-0.2, 0) is 51.2 Å². The Hall–Kier alpha value is -5.80. The van der Waals surface area contributed by atoms with Crippen molar-refractivity contribution in [3.05, 3.63) is 71.8 Å². The number of hydrogen-bond acceptors (Lipinski definition) is 8. The maximum atomic E-state index is 13.7. The van der Waals surface area contributed by atoms with Crippen LogP contribution in [0.2, 0.25) is 0 Å². The van der Waals surface area contributed by atoms with Gasteiger partial charge in [0.15, 0.2) is 0 Å². The van der Waals surface area contributed by atoms with Crippen LogP contribution in [-0.4, -0.2) is 82.6 Å². The molecule has 0 spiro atoms. The van der Waals surface area contributed by atoms with Crippen LogP contribution in [0.25, 0.3) is 0 Å². The van der Waals surface area contributed by atoms with Gasteiger partial charge in [0, 0.05) is 25.7 Å². The summed E-state index contributed by atoms with van der Waals surface area (Å²) in [5, 5.41) is 23.0. The Morgan fingerprint density at radius 1 is 0.530 bits per heavy atom. The number of carbonyl (C=O) groups is 8. The number of aliphatic carboxylic acids is 1. The second-order valence-electron chi connectivity index (χ2n) is 18.5. The Morgan fingerprint density at radius 3 is 1.35 bits per heavy atom. The Balaban J connectivity index is 1.62. The third-order valence-electron chi connectivity index (χ3n) is 11.7. The van der Waals surface area contributed by atoms with Gasteiger partial charge in [0.05, 0.1) is 6.42 Å². The molecule has 2 rings (SSSR count). The molecule has 0 aliphatic heterocycles. The standard InChI is InChI=1S/C50H77N7O9/c1-6-34(2)43(47(63)55-37(45(51)61)31-35-25-19-17-20-26-35)57-48(64)44(50(3,4)5)56-41(59)30-24-16-14-12-10-8-7-9-11-13-15-23-29-40(58)53-38(46(52)62)33-42(60)54-39(49(65)66)32-36-27-21-18-22-28-36/h17-22,25-28,34,37-39,43-44H,6-16,23-24,29-33H2,1-5H3,(H2,51,61)(H2,52,62)(H,53,58)(H,54,60)(H,55,63)(H,56,59)(H,57,64)(H,65,66)/t34-,37-,38+,39-,43+,44?/m0/s1. The van der Waals surface area contributed by atoms with E-state index in [1.165, 1.54) is 0 Å². The van der Waals surface area contributed by atoms with Gasteiger partial charge in [-0.15, -0.1) is 0 Å². The summed E-state index contributed by atoms with van der Waals surface area (Å²) in [5.74, 6) is -5.33. The molecule has 0 radical (unpaired) electrons. The molecule has 10 N–H and O–H groups in total. The summed E-state index contributed by atoms with van der Waals surface area (Å²) in [7, 11) is 0. The van der Waals surface area contributed by atoms with Gasteiger partial charge in [-0.05, 0) is 35.3 Å². The van der Waals surface area contributed by atoms with Gasteiger partial charge in [0.1, 0.15) is 30.2 Å². The number of carboxylic acids is 1. The number of carboxylic acid groups (broad SMARTS) is 1. The third kappa shape index (κ3) is 22.9. The average molecular weight is 920 g/mol. The summed E-state index contributed by atoms with van der Waals surface area (Å²) >= 11 is 0. The summed E-state index contributed by atoms with van der Waals surface area (Å²) < 4.78 is 0. The lowest BCUT2D eigenvalue weighted by atomic mass is 9.85. The topological polar surface area (TPSA) is 269 Å². The summed E-state index contributed by atoms with van der Waals surface area (Å²) in [5.41, 5.74) is 12.0. The second-order valence-corrected chi connectivity index (χ2v) is 18.5. The van der Waals surface area contributed by atoms with Crippen molar-refractivity contribution in [2.24, 2.45) is 22.8 Å². The van der Waals surface area contributed by atoms with Crippen molar-refractivity contribution in [1.29, 1.82) is 0 Å². The van der Waals surface area contributed by atoms with Crippen LogP contribution in [0.1, 0.15) is 148 Å². The maximum absolute atomic E-state index is 13.7. The number of hydrogen-bond donors (Lipinski definition) is 8. The highest BCUT2D eigenvalue weighted by molar-refractivity contribution is 5.95. The number of amides is 7. The molecule has 0 saturated heterocycles. The zero-order valence-electron chi connectivity index (χ0n) is 39.8. The lowest BCUT2D eigenvalue weighted by Gasteiger charge is -2.33. The maximum Gasteiger partial charge on any atom is 0.326 e. The molecule has 16 nitrogen and oxygen atoms in total. The normalized spacial score (nSPS) is 14.0. The molecule has 0 heterocycles. The zero-order chi connectivity index (χ0) is 49.1. The molecule has 7 amide bonds. The molecule has 0 bridgehead atoms. The fraction of sp³-hybridized carbons (Fsp3) is 0.600. The summed E-state index contributed by atoms with van der Waals surface area (Å²) in [6.45, 7) is 9.32.